The second-order valence-electron chi connectivity index (χ2n) is 3.07. The third-order valence-electron chi connectivity index (χ3n) is 2.25. The van der Waals surface area contributed by atoms with Crippen molar-refractivity contribution in [1.82, 2.24) is 5.32 Å². The van der Waals surface area contributed by atoms with Gasteiger partial charge in [0.25, 0.3) is 0 Å². The van der Waals surface area contributed by atoms with Crippen molar-refractivity contribution in [2.24, 2.45) is 5.92 Å². The highest BCUT2D eigenvalue weighted by atomic mass is 32.6. The maximum atomic E-state index is 3.44. The van der Waals surface area contributed by atoms with E-state index in [1.165, 1.54) is 19.5 Å². The molecular formula is C6H17NP4. The van der Waals surface area contributed by atoms with Crippen LogP contribution in [0.25, 0.3) is 0 Å². The third-order valence-corrected chi connectivity index (χ3v) is 13.8. The lowest BCUT2D eigenvalue weighted by Crippen LogP contribution is -2.36. The molecule has 0 aliphatic carbocycles. The molecule has 1 saturated heterocycles. The molecule has 6 atom stereocenters. The summed E-state index contributed by atoms with van der Waals surface area (Å²) in [6.07, 6.45) is 1.39. The second-order valence-corrected chi connectivity index (χ2v) is 12.7. The Morgan fingerprint density at radius 2 is 2.36 bits per heavy atom. The lowest BCUT2D eigenvalue weighted by atomic mass is 10.0. The van der Waals surface area contributed by atoms with Gasteiger partial charge in [0.1, 0.15) is 0 Å². The van der Waals surface area contributed by atoms with Gasteiger partial charge in [-0.1, -0.05) is 22.2 Å². The van der Waals surface area contributed by atoms with Crippen molar-refractivity contribution in [2.45, 2.75) is 19.0 Å². The second kappa shape index (κ2) is 5.42. The van der Waals surface area contributed by atoms with E-state index in [2.05, 4.69) is 30.1 Å². The van der Waals surface area contributed by atoms with Crippen LogP contribution in [0.15, 0.2) is 0 Å². The maximum Gasteiger partial charge on any atom is -0.00169 e. The van der Waals surface area contributed by atoms with E-state index in [0.29, 0.717) is 0 Å². The molecule has 0 saturated carbocycles. The minimum Gasteiger partial charge on any atom is -0.316 e. The van der Waals surface area contributed by atoms with Crippen molar-refractivity contribution in [1.29, 1.82) is 0 Å². The van der Waals surface area contributed by atoms with Crippen LogP contribution in [0.5, 0.6) is 0 Å². The Morgan fingerprint density at radius 3 is 2.91 bits per heavy atom. The molecular weight excluding hydrogens is 210 g/mol. The van der Waals surface area contributed by atoms with Gasteiger partial charge in [0.05, 0.1) is 0 Å². The average molecular weight is 227 g/mol. The van der Waals surface area contributed by atoms with Gasteiger partial charge in [-0.25, -0.2) is 0 Å². The molecule has 0 aromatic heterocycles. The highest BCUT2D eigenvalue weighted by Gasteiger charge is 2.24. The molecule has 5 heteroatoms. The summed E-state index contributed by atoms with van der Waals surface area (Å²) in [5.41, 5.74) is 0.993. The molecule has 11 heavy (non-hydrogen) atoms. The minimum atomic E-state index is 0.232. The lowest BCUT2D eigenvalue weighted by molar-refractivity contribution is 0.415. The summed E-state index contributed by atoms with van der Waals surface area (Å²) in [6, 6.07) is 0. The molecule has 1 aliphatic rings. The normalized spacial score (nSPS) is 36.3. The summed E-state index contributed by atoms with van der Waals surface area (Å²) >= 11 is 0. The molecule has 4 unspecified atom stereocenters. The molecule has 0 radical (unpaired) electrons. The standard InChI is InChI=1S/C6H17NP4/c1-5-4-7-3-2-6(5)11(9)10-8/h5-7,10H,2-4,8-9H2,1H3/t5-,6+,11?/m0/s1. The maximum absolute atomic E-state index is 3.44. The molecule has 1 fully saturated rings. The van der Waals surface area contributed by atoms with Crippen LogP contribution < -0.4 is 5.32 Å². The molecule has 1 rings (SSSR count). The van der Waals surface area contributed by atoms with Crippen LogP contribution in [0.1, 0.15) is 13.3 Å². The zero-order valence-electron chi connectivity index (χ0n) is 6.88. The Hall–Kier alpha value is 1.68. The Balaban J connectivity index is 2.40. The van der Waals surface area contributed by atoms with Gasteiger partial charge < -0.3 is 5.32 Å². The summed E-state index contributed by atoms with van der Waals surface area (Å²) in [5.74, 6) is 0.889. The number of hydrogen-bond acceptors (Lipinski definition) is 1. The van der Waals surface area contributed by atoms with E-state index in [0.717, 1.165) is 19.5 Å². The number of rotatable bonds is 2. The van der Waals surface area contributed by atoms with Crippen LogP contribution in [0, 0.1) is 5.92 Å². The summed E-state index contributed by atoms with van der Waals surface area (Å²) in [7, 11) is 7.25. The first-order valence-corrected chi connectivity index (χ1v) is 10.6. The molecule has 0 amide bonds. The summed E-state index contributed by atoms with van der Waals surface area (Å²) in [4.78, 5) is 0. The van der Waals surface area contributed by atoms with Crippen molar-refractivity contribution in [3.8, 4) is 0 Å². The number of nitrogens with one attached hydrogen (secondary N) is 1. The molecule has 66 valence electrons. The fourth-order valence-corrected chi connectivity index (χ4v) is 7.54. The third kappa shape index (κ3) is 3.14. The van der Waals surface area contributed by atoms with Crippen molar-refractivity contribution in [3.05, 3.63) is 0 Å². The molecule has 1 aliphatic heterocycles. The summed E-state index contributed by atoms with van der Waals surface area (Å²) < 4.78 is 0. The largest absolute Gasteiger partial charge is 0.316 e. The van der Waals surface area contributed by atoms with Crippen LogP contribution in [-0.4, -0.2) is 18.7 Å². The molecule has 0 aromatic carbocycles. The Bertz CT molecular complexity index is 117. The van der Waals surface area contributed by atoms with Gasteiger partial charge >= 0.3 is 0 Å². The fraction of sp³-hybridized carbons (Fsp3) is 1.00. The van der Waals surface area contributed by atoms with Crippen LogP contribution in [0.4, 0.5) is 0 Å². The fourth-order valence-electron chi connectivity index (χ4n) is 1.51. The monoisotopic (exact) mass is 227 g/mol. The van der Waals surface area contributed by atoms with Gasteiger partial charge in [0, 0.05) is 0 Å². The van der Waals surface area contributed by atoms with Crippen LogP contribution >= 0.6 is 33.1 Å². The van der Waals surface area contributed by atoms with Crippen LogP contribution in [0.2, 0.25) is 0 Å². The number of hydrogen-bond donors (Lipinski definition) is 1. The quantitative estimate of drug-likeness (QED) is 0.715. The molecule has 1 nitrogen and oxygen atoms in total. The van der Waals surface area contributed by atoms with Gasteiger partial charge in [0.2, 0.25) is 0 Å². The van der Waals surface area contributed by atoms with Crippen molar-refractivity contribution < 1.29 is 0 Å². The topological polar surface area (TPSA) is 12.0 Å². The Labute approximate surface area is 76.9 Å². The van der Waals surface area contributed by atoms with E-state index in [1.54, 1.807) is 0 Å². The Morgan fingerprint density at radius 1 is 1.64 bits per heavy atom. The minimum absolute atomic E-state index is 0.232. The highest BCUT2D eigenvalue weighted by Crippen LogP contribution is 2.71. The molecule has 1 heterocycles. The van der Waals surface area contributed by atoms with Crippen LogP contribution in [0.3, 0.4) is 0 Å². The highest BCUT2D eigenvalue weighted by molar-refractivity contribution is 8.61. The first-order valence-electron chi connectivity index (χ1n) is 3.96. The van der Waals surface area contributed by atoms with E-state index in [9.17, 15) is 0 Å². The van der Waals surface area contributed by atoms with Gasteiger partial charge in [0.15, 0.2) is 0 Å². The molecule has 0 bridgehead atoms. The lowest BCUT2D eigenvalue weighted by Gasteiger charge is -2.33. The SMILES string of the molecule is C[C@H]1CNCC[C@H]1P(P)PP. The first-order chi connectivity index (χ1) is 5.25. The van der Waals surface area contributed by atoms with E-state index in [-0.39, 0.29) is 7.30 Å². The van der Waals surface area contributed by atoms with E-state index in [4.69, 9.17) is 0 Å². The van der Waals surface area contributed by atoms with Gasteiger partial charge in [-0.15, -0.1) is 17.9 Å². The molecule has 1 N–H and O–H groups in total. The molecule has 0 aromatic rings. The zero-order chi connectivity index (χ0) is 8.27. The summed E-state index contributed by atoms with van der Waals surface area (Å²) in [5, 5.41) is 3.44. The first kappa shape index (κ1) is 10.8. The molecule has 0 spiro atoms. The van der Waals surface area contributed by atoms with E-state index < -0.39 is 0 Å². The number of piperidine rings is 1. The summed E-state index contributed by atoms with van der Waals surface area (Å²) in [6.45, 7) is 4.84. The predicted octanol–water partition coefficient (Wildman–Crippen LogP) is 2.64. The van der Waals surface area contributed by atoms with E-state index in [1.807, 2.05) is 0 Å². The van der Waals surface area contributed by atoms with Gasteiger partial charge in [-0.05, 0) is 31.1 Å². The average Bonchev–Trinajstić information content (AvgIpc) is 2.04. The van der Waals surface area contributed by atoms with Gasteiger partial charge in [-0.3, -0.25) is 0 Å². The van der Waals surface area contributed by atoms with Gasteiger partial charge in [-0.2, -0.15) is 0 Å². The zero-order valence-corrected chi connectivity index (χ0v) is 11.1. The smallest absolute Gasteiger partial charge is 0.00169 e. The van der Waals surface area contributed by atoms with Crippen molar-refractivity contribution in [3.63, 3.8) is 0 Å². The van der Waals surface area contributed by atoms with E-state index >= 15 is 0 Å². The van der Waals surface area contributed by atoms with Crippen molar-refractivity contribution in [2.75, 3.05) is 13.1 Å². The predicted molar refractivity (Wildman–Crippen MR) is 65.1 cm³/mol. The van der Waals surface area contributed by atoms with Crippen molar-refractivity contribution >= 4 is 33.1 Å². The van der Waals surface area contributed by atoms with Crippen LogP contribution in [-0.2, 0) is 0 Å². The Kier molecular flexibility index (Phi) is 5.30.